The van der Waals surface area contributed by atoms with Crippen molar-refractivity contribution in [2.24, 2.45) is 0 Å². The molecule has 0 spiro atoms. The summed E-state index contributed by atoms with van der Waals surface area (Å²) in [4.78, 5) is 12.6. The number of carbonyl (C=O) groups excluding carboxylic acids is 1. The van der Waals surface area contributed by atoms with Crippen LogP contribution in [-0.2, 0) is 25.9 Å². The van der Waals surface area contributed by atoms with Gasteiger partial charge in [-0.2, -0.15) is 0 Å². The van der Waals surface area contributed by atoms with E-state index in [-0.39, 0.29) is 33.9 Å². The van der Waals surface area contributed by atoms with E-state index in [0.717, 1.165) is 0 Å². The van der Waals surface area contributed by atoms with E-state index < -0.39 is 23.9 Å². The smallest absolute Gasteiger partial charge is 0.252 e. The summed E-state index contributed by atoms with van der Waals surface area (Å²) in [6.45, 7) is 0. The van der Waals surface area contributed by atoms with Gasteiger partial charge < -0.3 is 10.6 Å². The van der Waals surface area contributed by atoms with Crippen LogP contribution in [0.4, 0.5) is 14.5 Å². The van der Waals surface area contributed by atoms with Crippen LogP contribution >= 0.6 is 11.6 Å². The Balaban J connectivity index is 0.00000225. The number of nitrogens with zero attached hydrogens (tertiary/aromatic N) is 1. The third kappa shape index (κ3) is 5.02. The second-order valence-electron chi connectivity index (χ2n) is 5.86. The van der Waals surface area contributed by atoms with Gasteiger partial charge in [0.05, 0.1) is 0 Å². The van der Waals surface area contributed by atoms with Gasteiger partial charge in [-0.25, -0.2) is 8.78 Å². The number of alkyl halides is 2. The first-order valence-corrected chi connectivity index (χ1v) is 8.01. The maximum absolute atomic E-state index is 13.0. The average molecular weight is 534 g/mol. The second-order valence-corrected chi connectivity index (χ2v) is 6.27. The Bertz CT molecular complexity index is 722. The molecule has 2 aromatic rings. The first kappa shape index (κ1) is 19.9. The standard InChI is InChI=1S/C18H16ClF2N2O.W/c19-15-9-5-4-8-14(15)16(22-12-6-2-1-3-7-12)17(24)23-13-10-18(20,21)11-13;/h1-9,13,16H,10-11H2,(H,23,24);/q-1;. The fourth-order valence-corrected chi connectivity index (χ4v) is 2.91. The molecule has 0 radical (unpaired) electrons. The van der Waals surface area contributed by atoms with E-state index in [2.05, 4.69) is 10.6 Å². The van der Waals surface area contributed by atoms with E-state index in [1.165, 1.54) is 0 Å². The number of para-hydroxylation sites is 1. The molecular formula is C18H16ClF2N2OW-. The summed E-state index contributed by atoms with van der Waals surface area (Å²) in [5.74, 6) is -3.11. The molecule has 1 aliphatic carbocycles. The van der Waals surface area contributed by atoms with Crippen molar-refractivity contribution in [1.82, 2.24) is 5.32 Å². The number of halogens is 3. The largest absolute Gasteiger partial charge is 0.670 e. The zero-order valence-electron chi connectivity index (χ0n) is 13.2. The molecule has 1 atom stereocenters. The summed E-state index contributed by atoms with van der Waals surface area (Å²) in [5.41, 5.74) is 1.17. The molecule has 0 bridgehead atoms. The van der Waals surface area contributed by atoms with E-state index in [0.29, 0.717) is 16.3 Å². The molecule has 1 fully saturated rings. The molecule has 3 nitrogen and oxygen atoms in total. The second kappa shape index (κ2) is 8.29. The number of hydrogen-bond donors (Lipinski definition) is 1. The van der Waals surface area contributed by atoms with E-state index in [1.54, 1.807) is 36.4 Å². The van der Waals surface area contributed by atoms with Crippen molar-refractivity contribution in [3.63, 3.8) is 0 Å². The summed E-state index contributed by atoms with van der Waals surface area (Å²) in [6.07, 6.45) is -0.668. The molecule has 0 heterocycles. The minimum Gasteiger partial charge on any atom is -0.670 e. The molecule has 7 heteroatoms. The van der Waals surface area contributed by atoms with Crippen molar-refractivity contribution in [2.75, 3.05) is 0 Å². The SMILES string of the molecule is O=C(NC1CC(F)(F)C1)C([N-]c1ccccc1)c1ccccc1Cl.[W]. The molecule has 25 heavy (non-hydrogen) atoms. The molecule has 1 N–H and O–H groups in total. The number of benzene rings is 2. The Hall–Kier alpha value is -1.45. The molecule has 132 valence electrons. The van der Waals surface area contributed by atoms with Crippen LogP contribution in [0, 0.1) is 0 Å². The predicted molar refractivity (Wildman–Crippen MR) is 89.8 cm³/mol. The van der Waals surface area contributed by atoms with Gasteiger partial charge in [0.1, 0.15) is 0 Å². The van der Waals surface area contributed by atoms with Crippen molar-refractivity contribution < 1.29 is 34.6 Å². The van der Waals surface area contributed by atoms with E-state index in [1.807, 2.05) is 18.2 Å². The van der Waals surface area contributed by atoms with Crippen molar-refractivity contribution >= 4 is 23.2 Å². The van der Waals surface area contributed by atoms with E-state index in [4.69, 9.17) is 11.6 Å². The third-order valence-electron chi connectivity index (χ3n) is 3.92. The van der Waals surface area contributed by atoms with Crippen molar-refractivity contribution in [2.45, 2.75) is 30.8 Å². The van der Waals surface area contributed by atoms with Gasteiger partial charge in [-0.1, -0.05) is 60.1 Å². The normalized spacial score (nSPS) is 16.9. The quantitative estimate of drug-likeness (QED) is 0.578. The zero-order valence-corrected chi connectivity index (χ0v) is 16.9. The summed E-state index contributed by atoms with van der Waals surface area (Å²) >= 11 is 6.20. The molecule has 1 saturated carbocycles. The average Bonchev–Trinajstić information content (AvgIpc) is 2.52. The maximum Gasteiger partial charge on any atom is 0.252 e. The molecule has 0 saturated heterocycles. The fourth-order valence-electron chi connectivity index (χ4n) is 2.67. The third-order valence-corrected chi connectivity index (χ3v) is 4.26. The molecular weight excluding hydrogens is 518 g/mol. The van der Waals surface area contributed by atoms with Crippen LogP contribution in [0.15, 0.2) is 54.6 Å². The number of rotatable bonds is 5. The number of hydrogen-bond acceptors (Lipinski definition) is 1. The first-order valence-electron chi connectivity index (χ1n) is 7.63. The molecule has 1 amide bonds. The topological polar surface area (TPSA) is 43.2 Å². The maximum atomic E-state index is 13.0. The molecule has 1 unspecified atom stereocenters. The summed E-state index contributed by atoms with van der Waals surface area (Å²) < 4.78 is 26.0. The number of amides is 1. The predicted octanol–water partition coefficient (Wildman–Crippen LogP) is 5.00. The van der Waals surface area contributed by atoms with Crippen LogP contribution in [0.3, 0.4) is 0 Å². The summed E-state index contributed by atoms with van der Waals surface area (Å²) in [7, 11) is 0. The van der Waals surface area contributed by atoms with Crippen LogP contribution < -0.4 is 5.32 Å². The van der Waals surface area contributed by atoms with Crippen molar-refractivity contribution in [1.29, 1.82) is 0 Å². The summed E-state index contributed by atoms with van der Waals surface area (Å²) in [6, 6.07) is 14.5. The Morgan fingerprint density at radius 1 is 1.12 bits per heavy atom. The number of nitrogens with one attached hydrogen (secondary N) is 1. The van der Waals surface area contributed by atoms with Crippen LogP contribution in [-0.4, -0.2) is 17.9 Å². The monoisotopic (exact) mass is 533 g/mol. The Morgan fingerprint density at radius 3 is 2.32 bits per heavy atom. The molecule has 0 aromatic heterocycles. The van der Waals surface area contributed by atoms with Crippen LogP contribution in [0.1, 0.15) is 24.4 Å². The summed E-state index contributed by atoms with van der Waals surface area (Å²) in [5, 5.41) is 7.51. The van der Waals surface area contributed by atoms with Gasteiger partial charge in [-0.05, 0) is 17.7 Å². The Labute approximate surface area is 164 Å². The van der Waals surface area contributed by atoms with Gasteiger partial charge in [0.25, 0.3) is 5.92 Å². The Morgan fingerprint density at radius 2 is 1.72 bits per heavy atom. The fraction of sp³-hybridized carbons (Fsp3) is 0.278. The van der Waals surface area contributed by atoms with Gasteiger partial charge in [0.15, 0.2) is 0 Å². The first-order chi connectivity index (χ1) is 11.4. The van der Waals surface area contributed by atoms with Crippen molar-refractivity contribution in [3.8, 4) is 0 Å². The van der Waals surface area contributed by atoms with Gasteiger partial charge in [0, 0.05) is 45.0 Å². The van der Waals surface area contributed by atoms with E-state index in [9.17, 15) is 13.6 Å². The number of carbonyl (C=O) groups is 1. The zero-order chi connectivity index (χ0) is 17.2. The van der Waals surface area contributed by atoms with Gasteiger partial charge in [-0.15, -0.1) is 5.69 Å². The van der Waals surface area contributed by atoms with Crippen LogP contribution in [0.2, 0.25) is 5.02 Å². The molecule has 1 aliphatic rings. The van der Waals surface area contributed by atoms with Crippen LogP contribution in [0.5, 0.6) is 0 Å². The Kier molecular flexibility index (Phi) is 6.58. The molecule has 3 rings (SSSR count). The minimum absolute atomic E-state index is 0. The van der Waals surface area contributed by atoms with E-state index >= 15 is 0 Å². The van der Waals surface area contributed by atoms with Gasteiger partial charge in [0.2, 0.25) is 5.91 Å². The van der Waals surface area contributed by atoms with Crippen LogP contribution in [0.25, 0.3) is 5.32 Å². The van der Waals surface area contributed by atoms with Gasteiger partial charge >= 0.3 is 0 Å². The minimum atomic E-state index is -2.69. The molecule has 0 aliphatic heterocycles. The molecule has 2 aromatic carbocycles. The van der Waals surface area contributed by atoms with Crippen molar-refractivity contribution in [3.05, 3.63) is 70.5 Å². The van der Waals surface area contributed by atoms with Gasteiger partial charge in [-0.3, -0.25) is 4.79 Å².